The third-order valence-electron chi connectivity index (χ3n) is 2.61. The van der Waals surface area contributed by atoms with Crippen LogP contribution in [0, 0.1) is 10.1 Å². The third kappa shape index (κ3) is 3.63. The van der Waals surface area contributed by atoms with Crippen LogP contribution in [0.4, 0.5) is 5.69 Å². The summed E-state index contributed by atoms with van der Waals surface area (Å²) in [4.78, 5) is 26.4. The molecule has 0 spiro atoms. The fraction of sp³-hybridized carbons (Fsp3) is 0. The molecule has 0 bridgehead atoms. The monoisotopic (exact) mass is 285 g/mol. The molecule has 0 heterocycles. The normalized spacial score (nSPS) is 11.0. The second-order valence-corrected chi connectivity index (χ2v) is 4.03. The number of nitro benzene ring substituents is 1. The van der Waals surface area contributed by atoms with Crippen LogP contribution in [0.1, 0.15) is 15.9 Å². The fourth-order valence-corrected chi connectivity index (χ4v) is 1.52. The molecule has 0 atom stereocenters. The molecule has 106 valence electrons. The smallest absolute Gasteiger partial charge is 0.365 e. The first-order valence-corrected chi connectivity index (χ1v) is 5.92. The summed E-state index contributed by atoms with van der Waals surface area (Å²) in [7, 11) is 0. The van der Waals surface area contributed by atoms with Crippen molar-refractivity contribution in [2.45, 2.75) is 0 Å². The Morgan fingerprint density at radius 2 is 1.67 bits per heavy atom. The predicted molar refractivity (Wildman–Crippen MR) is 75.7 cm³/mol. The Labute approximate surface area is 119 Å². The van der Waals surface area contributed by atoms with Crippen LogP contribution < -0.4 is 5.73 Å². The molecule has 2 N–H and O–H groups in total. The number of nitrogens with two attached hydrogens (primary N) is 1. The van der Waals surface area contributed by atoms with Crippen LogP contribution >= 0.6 is 0 Å². The van der Waals surface area contributed by atoms with Crippen molar-refractivity contribution in [2.24, 2.45) is 10.9 Å². The molecule has 0 aliphatic heterocycles. The summed E-state index contributed by atoms with van der Waals surface area (Å²) in [5, 5.41) is 14.0. The number of hydrogen-bond acceptors (Lipinski definition) is 5. The lowest BCUT2D eigenvalue weighted by Gasteiger charge is -2.01. The number of rotatable bonds is 4. The van der Waals surface area contributed by atoms with Crippen LogP contribution in [0.15, 0.2) is 59.8 Å². The van der Waals surface area contributed by atoms with E-state index in [1.54, 1.807) is 24.3 Å². The van der Waals surface area contributed by atoms with Gasteiger partial charge in [-0.05, 0) is 12.1 Å². The lowest BCUT2D eigenvalue weighted by atomic mass is 10.2. The van der Waals surface area contributed by atoms with Crippen LogP contribution in [-0.2, 0) is 4.84 Å². The van der Waals surface area contributed by atoms with E-state index >= 15 is 0 Å². The van der Waals surface area contributed by atoms with Gasteiger partial charge in [0.15, 0.2) is 5.84 Å². The zero-order valence-electron chi connectivity index (χ0n) is 10.8. The molecule has 0 saturated heterocycles. The van der Waals surface area contributed by atoms with Crippen LogP contribution in [0.5, 0.6) is 0 Å². The van der Waals surface area contributed by atoms with Gasteiger partial charge in [-0.2, -0.15) is 0 Å². The van der Waals surface area contributed by atoms with Crippen molar-refractivity contribution in [3.63, 3.8) is 0 Å². The molecule has 0 aromatic heterocycles. The van der Waals surface area contributed by atoms with Crippen molar-refractivity contribution in [1.29, 1.82) is 0 Å². The van der Waals surface area contributed by atoms with E-state index in [2.05, 4.69) is 5.16 Å². The van der Waals surface area contributed by atoms with Gasteiger partial charge in [0, 0.05) is 17.7 Å². The predicted octanol–water partition coefficient (Wildman–Crippen LogP) is 2.07. The number of carbonyl (C=O) groups excluding carboxylic acids is 1. The first-order valence-electron chi connectivity index (χ1n) is 5.92. The summed E-state index contributed by atoms with van der Waals surface area (Å²) in [5.74, 6) is -0.686. The molecule has 0 amide bonds. The Hall–Kier alpha value is -3.22. The van der Waals surface area contributed by atoms with Crippen molar-refractivity contribution < 1.29 is 14.6 Å². The van der Waals surface area contributed by atoms with E-state index < -0.39 is 10.9 Å². The highest BCUT2D eigenvalue weighted by atomic mass is 16.7. The second kappa shape index (κ2) is 6.29. The molecule has 2 aromatic carbocycles. The van der Waals surface area contributed by atoms with E-state index in [9.17, 15) is 14.9 Å². The first kappa shape index (κ1) is 14.2. The average molecular weight is 285 g/mol. The summed E-state index contributed by atoms with van der Waals surface area (Å²) in [6.07, 6.45) is 0. The minimum absolute atomic E-state index is 0.0610. The van der Waals surface area contributed by atoms with Gasteiger partial charge in [-0.15, -0.1) is 0 Å². The number of non-ortho nitro benzene ring substituents is 1. The zero-order valence-corrected chi connectivity index (χ0v) is 10.8. The molecule has 0 aliphatic rings. The van der Waals surface area contributed by atoms with E-state index in [1.807, 2.05) is 6.07 Å². The molecule has 0 fully saturated rings. The molecule has 7 heteroatoms. The van der Waals surface area contributed by atoms with E-state index in [-0.39, 0.29) is 17.1 Å². The Kier molecular flexibility index (Phi) is 4.25. The summed E-state index contributed by atoms with van der Waals surface area (Å²) >= 11 is 0. The minimum atomic E-state index is -0.747. The molecule has 0 radical (unpaired) electrons. The van der Waals surface area contributed by atoms with E-state index in [0.717, 1.165) is 0 Å². The zero-order chi connectivity index (χ0) is 15.2. The Morgan fingerprint density at radius 3 is 2.24 bits per heavy atom. The van der Waals surface area contributed by atoms with Crippen molar-refractivity contribution in [1.82, 2.24) is 0 Å². The van der Waals surface area contributed by atoms with Gasteiger partial charge in [-0.3, -0.25) is 10.1 Å². The summed E-state index contributed by atoms with van der Waals surface area (Å²) in [5.41, 5.74) is 6.32. The summed E-state index contributed by atoms with van der Waals surface area (Å²) < 4.78 is 0. The molecule has 0 aliphatic carbocycles. The molecule has 0 unspecified atom stereocenters. The lowest BCUT2D eigenvalue weighted by molar-refractivity contribution is -0.384. The maximum atomic E-state index is 11.7. The van der Waals surface area contributed by atoms with Crippen molar-refractivity contribution >= 4 is 17.5 Å². The van der Waals surface area contributed by atoms with Gasteiger partial charge >= 0.3 is 5.97 Å². The van der Waals surface area contributed by atoms with Crippen molar-refractivity contribution in [3.05, 3.63) is 75.8 Å². The molecule has 2 rings (SSSR count). The van der Waals surface area contributed by atoms with Crippen molar-refractivity contribution in [2.75, 3.05) is 0 Å². The molecule has 0 saturated carbocycles. The standard InChI is InChI=1S/C14H11N3O4/c15-13(10-4-2-1-3-5-10)16-21-14(18)11-6-8-12(9-7-11)17(19)20/h1-9H,(H2,15,16). The number of carbonyl (C=O) groups is 1. The molecule has 21 heavy (non-hydrogen) atoms. The van der Waals surface area contributed by atoms with Crippen LogP contribution in [0.25, 0.3) is 0 Å². The second-order valence-electron chi connectivity index (χ2n) is 4.03. The number of amidine groups is 1. The summed E-state index contributed by atoms with van der Waals surface area (Å²) in [6, 6.07) is 13.8. The van der Waals surface area contributed by atoms with Gasteiger partial charge in [0.05, 0.1) is 10.5 Å². The number of nitro groups is 1. The maximum absolute atomic E-state index is 11.7. The number of nitrogens with zero attached hydrogens (tertiary/aromatic N) is 2. The highest BCUT2D eigenvalue weighted by Crippen LogP contribution is 2.12. The van der Waals surface area contributed by atoms with E-state index in [0.29, 0.717) is 5.56 Å². The number of oxime groups is 1. The first-order chi connectivity index (χ1) is 10.1. The Bertz CT molecular complexity index is 681. The highest BCUT2D eigenvalue weighted by molar-refractivity contribution is 5.98. The van der Waals surface area contributed by atoms with Gasteiger partial charge in [-0.25, -0.2) is 4.79 Å². The number of hydrogen-bond donors (Lipinski definition) is 1. The maximum Gasteiger partial charge on any atom is 0.365 e. The van der Waals surface area contributed by atoms with Crippen LogP contribution in [0.3, 0.4) is 0 Å². The van der Waals surface area contributed by atoms with Crippen LogP contribution in [0.2, 0.25) is 0 Å². The van der Waals surface area contributed by atoms with Gasteiger partial charge in [0.25, 0.3) is 5.69 Å². The molecule has 7 nitrogen and oxygen atoms in total. The van der Waals surface area contributed by atoms with Gasteiger partial charge in [0.1, 0.15) is 0 Å². The third-order valence-corrected chi connectivity index (χ3v) is 2.61. The topological polar surface area (TPSA) is 108 Å². The van der Waals surface area contributed by atoms with E-state index in [4.69, 9.17) is 10.6 Å². The average Bonchev–Trinajstić information content (AvgIpc) is 2.53. The summed E-state index contributed by atoms with van der Waals surface area (Å²) in [6.45, 7) is 0. The SMILES string of the molecule is N/C(=N\OC(=O)c1ccc([N+](=O)[O-])cc1)c1ccccc1. The van der Waals surface area contributed by atoms with Gasteiger partial charge < -0.3 is 10.6 Å². The van der Waals surface area contributed by atoms with E-state index in [1.165, 1.54) is 24.3 Å². The Morgan fingerprint density at radius 1 is 1.05 bits per heavy atom. The minimum Gasteiger partial charge on any atom is -0.380 e. The molecule has 2 aromatic rings. The van der Waals surface area contributed by atoms with Gasteiger partial charge in [-0.1, -0.05) is 35.5 Å². The molecular formula is C14H11N3O4. The largest absolute Gasteiger partial charge is 0.380 e. The molecular weight excluding hydrogens is 274 g/mol. The Balaban J connectivity index is 2.06. The lowest BCUT2D eigenvalue weighted by Crippen LogP contribution is -2.15. The highest BCUT2D eigenvalue weighted by Gasteiger charge is 2.11. The quantitative estimate of drug-likeness (QED) is 0.304. The fourth-order valence-electron chi connectivity index (χ4n) is 1.52. The van der Waals surface area contributed by atoms with Crippen LogP contribution in [-0.4, -0.2) is 16.7 Å². The number of benzene rings is 2. The van der Waals surface area contributed by atoms with Crippen molar-refractivity contribution in [3.8, 4) is 0 Å². The van der Waals surface area contributed by atoms with Gasteiger partial charge in [0.2, 0.25) is 0 Å².